The van der Waals surface area contributed by atoms with Crippen molar-refractivity contribution in [1.29, 1.82) is 0 Å². The maximum Gasteiger partial charge on any atom is 0.135 e. The minimum atomic E-state index is 0.471. The van der Waals surface area contributed by atoms with E-state index in [0.717, 1.165) is 41.1 Å². The first-order chi connectivity index (χ1) is 10.3. The number of hydrogen-bond acceptors (Lipinski definition) is 4. The molecule has 0 aliphatic heterocycles. The summed E-state index contributed by atoms with van der Waals surface area (Å²) in [5.41, 5.74) is 1.92. The van der Waals surface area contributed by atoms with E-state index in [-0.39, 0.29) is 0 Å². The van der Waals surface area contributed by atoms with Gasteiger partial charge in [-0.1, -0.05) is 17.7 Å². The lowest BCUT2D eigenvalue weighted by Crippen LogP contribution is -2.00. The van der Waals surface area contributed by atoms with Crippen LogP contribution in [0.1, 0.15) is 24.6 Å². The summed E-state index contributed by atoms with van der Waals surface area (Å²) in [6, 6.07) is 11.7. The molecule has 1 fully saturated rings. The third kappa shape index (κ3) is 2.54. The summed E-state index contributed by atoms with van der Waals surface area (Å²) in [7, 11) is 0. The number of aromatic nitrogens is 3. The Morgan fingerprint density at radius 3 is 2.86 bits per heavy atom. The molecular weight excluding hydrogens is 284 g/mol. The number of nitrogens with one attached hydrogen (secondary N) is 1. The predicted octanol–water partition coefficient (Wildman–Crippen LogP) is 4.30. The average Bonchev–Trinajstić information content (AvgIpc) is 3.32. The van der Waals surface area contributed by atoms with Crippen LogP contribution in [0.15, 0.2) is 42.6 Å². The number of pyridine rings is 1. The van der Waals surface area contributed by atoms with Crippen LogP contribution in [0, 0.1) is 0 Å². The van der Waals surface area contributed by atoms with E-state index >= 15 is 0 Å². The Kier molecular flexibility index (Phi) is 2.97. The molecule has 1 saturated carbocycles. The number of halogens is 1. The molecule has 0 bridgehead atoms. The second kappa shape index (κ2) is 4.97. The molecule has 0 radical (unpaired) electrons. The zero-order chi connectivity index (χ0) is 14.2. The van der Waals surface area contributed by atoms with Crippen molar-refractivity contribution >= 4 is 34.0 Å². The average molecular weight is 297 g/mol. The molecule has 104 valence electrons. The van der Waals surface area contributed by atoms with E-state index in [1.807, 2.05) is 30.3 Å². The highest BCUT2D eigenvalue weighted by atomic mass is 35.5. The smallest absolute Gasteiger partial charge is 0.135 e. The zero-order valence-electron chi connectivity index (χ0n) is 11.3. The van der Waals surface area contributed by atoms with Crippen LogP contribution < -0.4 is 5.32 Å². The Morgan fingerprint density at radius 1 is 1.10 bits per heavy atom. The fourth-order valence-electron chi connectivity index (χ4n) is 2.37. The largest absolute Gasteiger partial charge is 0.340 e. The van der Waals surface area contributed by atoms with Gasteiger partial charge in [-0.2, -0.15) is 0 Å². The van der Waals surface area contributed by atoms with Gasteiger partial charge in [0.2, 0.25) is 0 Å². The van der Waals surface area contributed by atoms with Crippen molar-refractivity contribution in [2.24, 2.45) is 0 Å². The fraction of sp³-hybridized carbons (Fsp3) is 0.188. The molecular formula is C16H13ClN4. The van der Waals surface area contributed by atoms with E-state index in [1.165, 1.54) is 0 Å². The highest BCUT2D eigenvalue weighted by Gasteiger charge is 2.27. The van der Waals surface area contributed by atoms with E-state index in [9.17, 15) is 0 Å². The Balaban J connectivity index is 1.74. The molecule has 2 aromatic heterocycles. The van der Waals surface area contributed by atoms with Crippen LogP contribution >= 0.6 is 11.6 Å². The van der Waals surface area contributed by atoms with Crippen LogP contribution in [-0.4, -0.2) is 15.0 Å². The van der Waals surface area contributed by atoms with Crippen molar-refractivity contribution in [3.8, 4) is 0 Å². The van der Waals surface area contributed by atoms with Crippen LogP contribution in [0.2, 0.25) is 5.15 Å². The molecule has 5 heteroatoms. The number of nitrogens with zero attached hydrogens (tertiary/aromatic N) is 3. The first kappa shape index (κ1) is 12.5. The molecule has 21 heavy (non-hydrogen) atoms. The van der Waals surface area contributed by atoms with Crippen molar-refractivity contribution < 1.29 is 0 Å². The van der Waals surface area contributed by atoms with Crippen LogP contribution in [0.4, 0.5) is 11.5 Å². The highest BCUT2D eigenvalue weighted by molar-refractivity contribution is 6.29. The molecule has 4 nitrogen and oxygen atoms in total. The Hall–Kier alpha value is -2.20. The topological polar surface area (TPSA) is 50.7 Å². The Morgan fingerprint density at radius 2 is 2.00 bits per heavy atom. The Bertz CT molecular complexity index is 809. The molecule has 0 atom stereocenters. The summed E-state index contributed by atoms with van der Waals surface area (Å²) in [5.74, 6) is 2.04. The van der Waals surface area contributed by atoms with Gasteiger partial charge in [-0.15, -0.1) is 0 Å². The van der Waals surface area contributed by atoms with Gasteiger partial charge in [-0.05, 0) is 37.1 Å². The minimum Gasteiger partial charge on any atom is -0.340 e. The molecule has 0 unspecified atom stereocenters. The molecule has 0 saturated heterocycles. The number of hydrogen-bond donors (Lipinski definition) is 1. The van der Waals surface area contributed by atoms with Crippen LogP contribution in [0.3, 0.4) is 0 Å². The van der Waals surface area contributed by atoms with Gasteiger partial charge in [-0.25, -0.2) is 9.97 Å². The first-order valence-electron chi connectivity index (χ1n) is 6.95. The van der Waals surface area contributed by atoms with Crippen LogP contribution in [0.25, 0.3) is 10.9 Å². The van der Waals surface area contributed by atoms with E-state index in [0.29, 0.717) is 11.1 Å². The number of rotatable bonds is 3. The van der Waals surface area contributed by atoms with Crippen molar-refractivity contribution in [2.45, 2.75) is 18.8 Å². The van der Waals surface area contributed by atoms with E-state index in [2.05, 4.69) is 20.3 Å². The summed E-state index contributed by atoms with van der Waals surface area (Å²) in [6.07, 6.45) is 4.09. The molecule has 4 rings (SSSR count). The third-order valence-corrected chi connectivity index (χ3v) is 3.76. The van der Waals surface area contributed by atoms with Crippen molar-refractivity contribution in [1.82, 2.24) is 15.0 Å². The van der Waals surface area contributed by atoms with Crippen molar-refractivity contribution in [3.63, 3.8) is 0 Å². The molecule has 0 spiro atoms. The summed E-state index contributed by atoms with van der Waals surface area (Å²) < 4.78 is 0. The maximum atomic E-state index is 6.10. The number of benzene rings is 1. The monoisotopic (exact) mass is 296 g/mol. The van der Waals surface area contributed by atoms with Gasteiger partial charge in [0.05, 0.1) is 5.52 Å². The highest BCUT2D eigenvalue weighted by Crippen LogP contribution is 2.39. The zero-order valence-corrected chi connectivity index (χ0v) is 12.0. The minimum absolute atomic E-state index is 0.471. The second-order valence-corrected chi connectivity index (χ2v) is 5.60. The summed E-state index contributed by atoms with van der Waals surface area (Å²) in [6.45, 7) is 0. The molecule has 2 heterocycles. The normalized spacial score (nSPS) is 14.3. The maximum absolute atomic E-state index is 6.10. The fourth-order valence-corrected chi connectivity index (χ4v) is 2.56. The molecule has 1 N–H and O–H groups in total. The summed E-state index contributed by atoms with van der Waals surface area (Å²) >= 11 is 6.10. The second-order valence-electron chi connectivity index (χ2n) is 5.21. The molecule has 1 aliphatic rings. The number of fused-ring (bicyclic) bond motifs is 1. The quantitative estimate of drug-likeness (QED) is 0.732. The van der Waals surface area contributed by atoms with Gasteiger partial charge in [0.25, 0.3) is 0 Å². The van der Waals surface area contributed by atoms with Crippen LogP contribution in [0.5, 0.6) is 0 Å². The van der Waals surface area contributed by atoms with E-state index in [4.69, 9.17) is 11.6 Å². The van der Waals surface area contributed by atoms with Gasteiger partial charge >= 0.3 is 0 Å². The van der Waals surface area contributed by atoms with E-state index < -0.39 is 0 Å². The lowest BCUT2D eigenvalue weighted by molar-refractivity contribution is 0.931. The summed E-state index contributed by atoms with van der Waals surface area (Å²) in [4.78, 5) is 13.2. The molecule has 0 amide bonds. The van der Waals surface area contributed by atoms with Gasteiger partial charge in [-0.3, -0.25) is 4.98 Å². The van der Waals surface area contributed by atoms with Gasteiger partial charge in [0, 0.05) is 29.3 Å². The Labute approximate surface area is 127 Å². The third-order valence-electron chi connectivity index (χ3n) is 3.56. The van der Waals surface area contributed by atoms with E-state index in [1.54, 1.807) is 12.3 Å². The SMILES string of the molecule is Clc1cc(Nc2cccc3ncccc23)nc(C2CC2)n1. The lowest BCUT2D eigenvalue weighted by atomic mass is 10.2. The molecule has 3 aromatic rings. The molecule has 1 aliphatic carbocycles. The first-order valence-corrected chi connectivity index (χ1v) is 7.33. The number of anilines is 2. The van der Waals surface area contributed by atoms with Gasteiger partial charge in [0.1, 0.15) is 16.8 Å². The van der Waals surface area contributed by atoms with Crippen molar-refractivity contribution in [3.05, 3.63) is 53.6 Å². The van der Waals surface area contributed by atoms with Gasteiger partial charge in [0.15, 0.2) is 0 Å². The van der Waals surface area contributed by atoms with Crippen molar-refractivity contribution in [2.75, 3.05) is 5.32 Å². The standard InChI is InChI=1S/C16H13ClN4/c17-14-9-15(21-16(20-14)10-6-7-10)19-13-5-1-4-12-11(13)3-2-8-18-12/h1-5,8-10H,6-7H2,(H,19,20,21). The van der Waals surface area contributed by atoms with Gasteiger partial charge < -0.3 is 5.32 Å². The molecule has 1 aromatic carbocycles. The predicted molar refractivity (Wildman–Crippen MR) is 84.0 cm³/mol. The lowest BCUT2D eigenvalue weighted by Gasteiger charge is -2.10. The summed E-state index contributed by atoms with van der Waals surface area (Å²) in [5, 5.41) is 4.87. The van der Waals surface area contributed by atoms with Crippen LogP contribution in [-0.2, 0) is 0 Å².